The van der Waals surface area contributed by atoms with E-state index in [1.807, 2.05) is 18.2 Å². The van der Waals surface area contributed by atoms with Crippen LogP contribution in [0.15, 0.2) is 78.2 Å². The number of para-hydroxylation sites is 1. The van der Waals surface area contributed by atoms with Crippen molar-refractivity contribution in [2.45, 2.75) is 6.61 Å². The lowest BCUT2D eigenvalue weighted by atomic mass is 10.2. The maximum atomic E-state index is 12.4. The van der Waals surface area contributed by atoms with Crippen LogP contribution in [0, 0.1) is 0 Å². The largest absolute Gasteiger partial charge is 0.488 e. The smallest absolute Gasteiger partial charge is 0.275 e. The van der Waals surface area contributed by atoms with Crippen LogP contribution in [-0.4, -0.2) is 17.1 Å². The summed E-state index contributed by atoms with van der Waals surface area (Å²) in [6.07, 6.45) is 4.86. The fourth-order valence-corrected chi connectivity index (χ4v) is 2.32. The highest BCUT2D eigenvalue weighted by molar-refractivity contribution is 6.30. The molecule has 26 heavy (non-hydrogen) atoms. The lowest BCUT2D eigenvalue weighted by Crippen LogP contribution is -2.18. The van der Waals surface area contributed by atoms with Gasteiger partial charge in [0.05, 0.1) is 11.8 Å². The molecule has 6 heteroatoms. The third kappa shape index (κ3) is 4.91. The number of carbonyl (C=O) groups is 1. The highest BCUT2D eigenvalue weighted by Gasteiger charge is 2.11. The Morgan fingerprint density at radius 1 is 1.08 bits per heavy atom. The number of ether oxygens (including phenoxy) is 1. The molecule has 0 aliphatic rings. The fraction of sp³-hybridized carbons (Fsp3) is 0.0500. The van der Waals surface area contributed by atoms with Crippen LogP contribution in [0.2, 0.25) is 5.02 Å². The van der Waals surface area contributed by atoms with Crippen molar-refractivity contribution >= 4 is 23.7 Å². The number of rotatable bonds is 6. The van der Waals surface area contributed by atoms with Gasteiger partial charge in [-0.25, -0.2) is 5.43 Å². The molecule has 2 aromatic carbocycles. The van der Waals surface area contributed by atoms with Gasteiger partial charge < -0.3 is 4.74 Å². The zero-order valence-electron chi connectivity index (χ0n) is 13.8. The molecule has 1 amide bonds. The van der Waals surface area contributed by atoms with Gasteiger partial charge >= 0.3 is 0 Å². The summed E-state index contributed by atoms with van der Waals surface area (Å²) in [4.78, 5) is 16.3. The molecule has 0 bridgehead atoms. The van der Waals surface area contributed by atoms with Crippen molar-refractivity contribution in [2.24, 2.45) is 5.10 Å². The Bertz CT molecular complexity index is 896. The first kappa shape index (κ1) is 17.6. The first-order valence-corrected chi connectivity index (χ1v) is 8.30. The zero-order valence-corrected chi connectivity index (χ0v) is 14.6. The van der Waals surface area contributed by atoms with E-state index in [1.165, 1.54) is 0 Å². The summed E-state index contributed by atoms with van der Waals surface area (Å²) < 4.78 is 5.78. The second kappa shape index (κ2) is 8.78. The molecule has 0 unspecified atom stereocenters. The molecule has 0 saturated heterocycles. The fourth-order valence-electron chi connectivity index (χ4n) is 2.20. The Hall–Kier alpha value is -3.18. The van der Waals surface area contributed by atoms with E-state index in [-0.39, 0.29) is 5.91 Å². The average Bonchev–Trinajstić information content (AvgIpc) is 2.68. The second-order valence-electron chi connectivity index (χ2n) is 5.39. The summed E-state index contributed by atoms with van der Waals surface area (Å²) in [7, 11) is 0. The monoisotopic (exact) mass is 365 g/mol. The molecule has 0 fully saturated rings. The minimum Gasteiger partial charge on any atom is -0.488 e. The molecule has 1 heterocycles. The van der Waals surface area contributed by atoms with Gasteiger partial charge in [0.1, 0.15) is 12.4 Å². The van der Waals surface area contributed by atoms with Crippen molar-refractivity contribution in [1.82, 2.24) is 10.4 Å². The van der Waals surface area contributed by atoms with E-state index in [4.69, 9.17) is 16.3 Å². The molecular formula is C20H16ClN3O2. The first-order valence-electron chi connectivity index (χ1n) is 7.92. The number of nitrogens with zero attached hydrogens (tertiary/aromatic N) is 2. The summed E-state index contributed by atoms with van der Waals surface area (Å²) in [6.45, 7) is 0.335. The molecule has 1 aromatic heterocycles. The second-order valence-corrected chi connectivity index (χ2v) is 5.83. The van der Waals surface area contributed by atoms with Gasteiger partial charge in [0.2, 0.25) is 0 Å². The van der Waals surface area contributed by atoms with Gasteiger partial charge in [-0.15, -0.1) is 0 Å². The number of nitrogens with one attached hydrogen (secondary N) is 1. The topological polar surface area (TPSA) is 63.6 Å². The number of benzene rings is 2. The third-order valence-corrected chi connectivity index (χ3v) is 3.78. The minimum absolute atomic E-state index is 0.335. The number of pyridine rings is 1. The summed E-state index contributed by atoms with van der Waals surface area (Å²) in [5.74, 6) is 0.140. The lowest BCUT2D eigenvalue weighted by molar-refractivity contribution is 0.0950. The van der Waals surface area contributed by atoms with Crippen molar-refractivity contribution < 1.29 is 9.53 Å². The van der Waals surface area contributed by atoms with E-state index in [1.54, 1.807) is 61.1 Å². The van der Waals surface area contributed by atoms with Gasteiger partial charge in [-0.1, -0.05) is 35.9 Å². The SMILES string of the molecule is O=C(NN=Cc1ccncc1)c1ccccc1OCc1ccc(Cl)cc1. The van der Waals surface area contributed by atoms with Crippen molar-refractivity contribution in [2.75, 3.05) is 0 Å². The van der Waals surface area contributed by atoms with Gasteiger partial charge in [0.25, 0.3) is 5.91 Å². The highest BCUT2D eigenvalue weighted by Crippen LogP contribution is 2.20. The van der Waals surface area contributed by atoms with E-state index in [2.05, 4.69) is 15.5 Å². The molecule has 0 radical (unpaired) electrons. The Labute approximate surface area is 156 Å². The molecule has 0 aliphatic heterocycles. The van der Waals surface area contributed by atoms with Crippen molar-refractivity contribution in [3.8, 4) is 5.75 Å². The molecule has 130 valence electrons. The van der Waals surface area contributed by atoms with Crippen molar-refractivity contribution in [1.29, 1.82) is 0 Å². The van der Waals surface area contributed by atoms with Gasteiger partial charge in [-0.05, 0) is 47.5 Å². The Balaban J connectivity index is 1.65. The molecule has 3 rings (SSSR count). The van der Waals surface area contributed by atoms with E-state index in [9.17, 15) is 4.79 Å². The van der Waals surface area contributed by atoms with Crippen molar-refractivity contribution in [3.63, 3.8) is 0 Å². The van der Waals surface area contributed by atoms with Crippen LogP contribution in [0.1, 0.15) is 21.5 Å². The summed E-state index contributed by atoms with van der Waals surface area (Å²) in [5, 5.41) is 4.63. The average molecular weight is 366 g/mol. The normalized spacial score (nSPS) is 10.7. The van der Waals surface area contributed by atoms with E-state index < -0.39 is 0 Å². The number of hydrazone groups is 1. The lowest BCUT2D eigenvalue weighted by Gasteiger charge is -2.10. The molecular weight excluding hydrogens is 350 g/mol. The highest BCUT2D eigenvalue weighted by atomic mass is 35.5. The molecule has 3 aromatic rings. The van der Waals surface area contributed by atoms with E-state index in [0.717, 1.165) is 11.1 Å². The van der Waals surface area contributed by atoms with E-state index >= 15 is 0 Å². The zero-order chi connectivity index (χ0) is 18.2. The van der Waals surface area contributed by atoms with Gasteiger partial charge in [0, 0.05) is 17.4 Å². The molecule has 0 aliphatic carbocycles. The van der Waals surface area contributed by atoms with Crippen LogP contribution >= 0.6 is 11.6 Å². The van der Waals surface area contributed by atoms with Crippen LogP contribution in [0.4, 0.5) is 0 Å². The quantitative estimate of drug-likeness (QED) is 0.529. The number of hydrogen-bond donors (Lipinski definition) is 1. The minimum atomic E-state index is -0.345. The number of carbonyl (C=O) groups excluding carboxylic acids is 1. The Kier molecular flexibility index (Phi) is 5.96. The molecule has 0 saturated carbocycles. The summed E-state index contributed by atoms with van der Waals surface area (Å²) in [6, 6.07) is 18.0. The van der Waals surface area contributed by atoms with Crippen LogP contribution in [-0.2, 0) is 6.61 Å². The Morgan fingerprint density at radius 3 is 2.58 bits per heavy atom. The molecule has 0 spiro atoms. The molecule has 0 atom stereocenters. The van der Waals surface area contributed by atoms with Gasteiger partial charge in [-0.3, -0.25) is 9.78 Å². The van der Waals surface area contributed by atoms with Crippen LogP contribution < -0.4 is 10.2 Å². The molecule has 1 N–H and O–H groups in total. The predicted molar refractivity (Wildman–Crippen MR) is 102 cm³/mol. The van der Waals surface area contributed by atoms with Crippen molar-refractivity contribution in [3.05, 3.63) is 94.8 Å². The standard InChI is InChI=1S/C20H16ClN3O2/c21-17-7-5-16(6-8-17)14-26-19-4-2-1-3-18(19)20(25)24-23-13-15-9-11-22-12-10-15/h1-13H,14H2,(H,24,25). The number of amides is 1. The first-order chi connectivity index (χ1) is 12.7. The third-order valence-electron chi connectivity index (χ3n) is 3.53. The maximum Gasteiger partial charge on any atom is 0.275 e. The van der Waals surface area contributed by atoms with Gasteiger partial charge in [-0.2, -0.15) is 5.10 Å². The number of hydrogen-bond acceptors (Lipinski definition) is 4. The van der Waals surface area contributed by atoms with Crippen LogP contribution in [0.3, 0.4) is 0 Å². The number of halogens is 1. The van der Waals surface area contributed by atoms with E-state index in [0.29, 0.717) is 22.9 Å². The maximum absolute atomic E-state index is 12.4. The summed E-state index contributed by atoms with van der Waals surface area (Å²) in [5.41, 5.74) is 4.72. The van der Waals surface area contributed by atoms with Gasteiger partial charge in [0.15, 0.2) is 0 Å². The Morgan fingerprint density at radius 2 is 1.81 bits per heavy atom. The predicted octanol–water partition coefficient (Wildman–Crippen LogP) is 4.08. The van der Waals surface area contributed by atoms with Crippen LogP contribution in [0.5, 0.6) is 5.75 Å². The number of aromatic nitrogens is 1. The summed E-state index contributed by atoms with van der Waals surface area (Å²) >= 11 is 5.88. The molecule has 5 nitrogen and oxygen atoms in total. The van der Waals surface area contributed by atoms with Crippen LogP contribution in [0.25, 0.3) is 0 Å².